The molecule has 1 heterocycles. The van der Waals surface area contributed by atoms with E-state index in [0.29, 0.717) is 32.5 Å². The molecule has 0 radical (unpaired) electrons. The molecule has 0 unspecified atom stereocenters. The molecule has 0 saturated carbocycles. The van der Waals surface area contributed by atoms with E-state index in [2.05, 4.69) is 6.58 Å². The highest BCUT2D eigenvalue weighted by Crippen LogP contribution is 2.10. The predicted octanol–water partition coefficient (Wildman–Crippen LogP) is 0.187. The van der Waals surface area contributed by atoms with Crippen molar-refractivity contribution in [2.24, 2.45) is 0 Å². The number of esters is 1. The monoisotopic (exact) mass is 268 g/mol. The van der Waals surface area contributed by atoms with Crippen molar-refractivity contribution in [1.29, 1.82) is 0 Å². The molecule has 0 spiro atoms. The van der Waals surface area contributed by atoms with Crippen molar-refractivity contribution in [2.45, 2.75) is 19.8 Å². The maximum atomic E-state index is 12.0. The van der Waals surface area contributed by atoms with E-state index in [1.165, 1.54) is 4.90 Å². The van der Waals surface area contributed by atoms with Gasteiger partial charge in [0.2, 0.25) is 11.8 Å². The number of hydrogen-bond acceptors (Lipinski definition) is 5. The van der Waals surface area contributed by atoms with Crippen LogP contribution in [-0.4, -0.2) is 60.4 Å². The summed E-state index contributed by atoms with van der Waals surface area (Å²) in [7, 11) is 0. The molecule has 0 aromatic carbocycles. The largest absolute Gasteiger partial charge is 0.465 e. The Morgan fingerprint density at radius 3 is 2.74 bits per heavy atom. The Balaban J connectivity index is 2.52. The Bertz CT molecular complexity index is 368. The minimum Gasteiger partial charge on any atom is -0.465 e. The first-order valence-electron chi connectivity index (χ1n) is 6.40. The molecular formula is C13H20N2O4. The summed E-state index contributed by atoms with van der Waals surface area (Å²) in [5, 5.41) is 0. The lowest BCUT2D eigenvalue weighted by Gasteiger charge is -2.21. The number of imide groups is 1. The van der Waals surface area contributed by atoms with Crippen molar-refractivity contribution in [2.75, 3.05) is 32.8 Å². The van der Waals surface area contributed by atoms with E-state index < -0.39 is 0 Å². The maximum Gasteiger partial charge on any atom is 0.320 e. The third-order valence-corrected chi connectivity index (χ3v) is 2.78. The zero-order valence-corrected chi connectivity index (χ0v) is 11.3. The molecule has 1 aliphatic rings. The molecule has 106 valence electrons. The van der Waals surface area contributed by atoms with Crippen molar-refractivity contribution < 1.29 is 19.1 Å². The minimum absolute atomic E-state index is 0.0215. The average Bonchev–Trinajstić information content (AvgIpc) is 2.76. The van der Waals surface area contributed by atoms with Crippen molar-refractivity contribution in [3.05, 3.63) is 12.7 Å². The maximum absolute atomic E-state index is 12.0. The summed E-state index contributed by atoms with van der Waals surface area (Å²) in [4.78, 5) is 37.7. The second-order valence-corrected chi connectivity index (χ2v) is 4.31. The van der Waals surface area contributed by atoms with Gasteiger partial charge in [0.05, 0.1) is 19.7 Å². The number of ether oxygens (including phenoxy) is 1. The molecule has 0 aliphatic carbocycles. The van der Waals surface area contributed by atoms with Crippen LogP contribution in [0, 0.1) is 0 Å². The summed E-state index contributed by atoms with van der Waals surface area (Å²) in [6.07, 6.45) is 2.74. The molecule has 0 bridgehead atoms. The second-order valence-electron chi connectivity index (χ2n) is 4.31. The van der Waals surface area contributed by atoms with Crippen LogP contribution in [0.5, 0.6) is 0 Å². The first-order chi connectivity index (χ1) is 9.08. The Morgan fingerprint density at radius 1 is 1.47 bits per heavy atom. The molecule has 0 aromatic rings. The molecule has 2 amide bonds. The van der Waals surface area contributed by atoms with Crippen LogP contribution in [0.25, 0.3) is 0 Å². The zero-order valence-electron chi connectivity index (χ0n) is 11.3. The van der Waals surface area contributed by atoms with Gasteiger partial charge < -0.3 is 4.74 Å². The van der Waals surface area contributed by atoms with Crippen molar-refractivity contribution in [1.82, 2.24) is 9.80 Å². The fraction of sp³-hybridized carbons (Fsp3) is 0.615. The molecule has 1 rings (SSSR count). The van der Waals surface area contributed by atoms with E-state index in [1.807, 2.05) is 0 Å². The molecule has 0 N–H and O–H groups in total. The number of likely N-dealkylation sites (tertiary alicyclic amines) is 1. The van der Waals surface area contributed by atoms with Gasteiger partial charge in [0.25, 0.3) is 0 Å². The fourth-order valence-corrected chi connectivity index (χ4v) is 1.95. The molecular weight excluding hydrogens is 248 g/mol. The number of amides is 2. The Hall–Kier alpha value is -1.69. The molecule has 0 aromatic heterocycles. The van der Waals surface area contributed by atoms with Crippen molar-refractivity contribution >= 4 is 17.8 Å². The minimum atomic E-state index is -0.384. The van der Waals surface area contributed by atoms with Crippen LogP contribution < -0.4 is 0 Å². The van der Waals surface area contributed by atoms with Gasteiger partial charge in [-0.2, -0.15) is 0 Å². The molecule has 6 heteroatoms. The third kappa shape index (κ3) is 4.82. The highest BCUT2D eigenvalue weighted by Gasteiger charge is 2.27. The van der Waals surface area contributed by atoms with Gasteiger partial charge >= 0.3 is 5.97 Å². The number of rotatable bonds is 7. The van der Waals surface area contributed by atoms with Crippen molar-refractivity contribution in [3.63, 3.8) is 0 Å². The van der Waals surface area contributed by atoms with Gasteiger partial charge in [-0.1, -0.05) is 6.08 Å². The van der Waals surface area contributed by atoms with Gasteiger partial charge in [-0.3, -0.25) is 24.2 Å². The van der Waals surface area contributed by atoms with E-state index in [-0.39, 0.29) is 30.9 Å². The molecule has 1 aliphatic heterocycles. The van der Waals surface area contributed by atoms with Crippen LogP contribution in [0.15, 0.2) is 12.7 Å². The summed E-state index contributed by atoms with van der Waals surface area (Å²) in [5.74, 6) is -0.793. The van der Waals surface area contributed by atoms with E-state index in [0.717, 1.165) is 0 Å². The smallest absolute Gasteiger partial charge is 0.320 e. The summed E-state index contributed by atoms with van der Waals surface area (Å²) in [6.45, 7) is 6.53. The Morgan fingerprint density at radius 2 is 2.21 bits per heavy atom. The molecule has 1 fully saturated rings. The molecule has 1 saturated heterocycles. The topological polar surface area (TPSA) is 66.9 Å². The highest BCUT2D eigenvalue weighted by molar-refractivity contribution is 5.97. The first kappa shape index (κ1) is 15.4. The van der Waals surface area contributed by atoms with E-state index in [1.54, 1.807) is 17.9 Å². The fourth-order valence-electron chi connectivity index (χ4n) is 1.95. The van der Waals surface area contributed by atoms with Gasteiger partial charge in [0.1, 0.15) is 0 Å². The van der Waals surface area contributed by atoms with Gasteiger partial charge in [-0.05, 0) is 13.3 Å². The summed E-state index contributed by atoms with van der Waals surface area (Å²) >= 11 is 0. The van der Waals surface area contributed by atoms with Crippen LogP contribution in [0.4, 0.5) is 0 Å². The number of hydrogen-bond donors (Lipinski definition) is 0. The number of carbonyl (C=O) groups excluding carboxylic acids is 3. The number of nitrogens with zero attached hydrogens (tertiary/aromatic N) is 2. The quantitative estimate of drug-likeness (QED) is 0.487. The van der Waals surface area contributed by atoms with Gasteiger partial charge in [0.15, 0.2) is 0 Å². The highest BCUT2D eigenvalue weighted by atomic mass is 16.5. The predicted molar refractivity (Wildman–Crippen MR) is 69.2 cm³/mol. The standard InChI is InChI=1S/C13H20N2O4/c1-3-7-14(10-13(18)19-4-2)9-12(17)15-8-5-6-11(15)16/h3H,1,4-10H2,2H3. The van der Waals surface area contributed by atoms with Crippen molar-refractivity contribution in [3.8, 4) is 0 Å². The third-order valence-electron chi connectivity index (χ3n) is 2.78. The lowest BCUT2D eigenvalue weighted by molar-refractivity contribution is -0.145. The second kappa shape index (κ2) is 7.68. The zero-order chi connectivity index (χ0) is 14.3. The van der Waals surface area contributed by atoms with Crippen LogP contribution in [-0.2, 0) is 19.1 Å². The molecule has 6 nitrogen and oxygen atoms in total. The summed E-state index contributed by atoms with van der Waals surface area (Å²) in [6, 6.07) is 0. The summed E-state index contributed by atoms with van der Waals surface area (Å²) in [5.41, 5.74) is 0. The molecule has 19 heavy (non-hydrogen) atoms. The normalized spacial score (nSPS) is 14.8. The molecule has 0 atom stereocenters. The van der Waals surface area contributed by atoms with Gasteiger partial charge in [0, 0.05) is 19.5 Å². The first-order valence-corrected chi connectivity index (χ1v) is 6.40. The van der Waals surface area contributed by atoms with E-state index in [4.69, 9.17) is 4.74 Å². The average molecular weight is 268 g/mol. The Kier molecular flexibility index (Phi) is 6.21. The van der Waals surface area contributed by atoms with Crippen LogP contribution in [0.1, 0.15) is 19.8 Å². The lowest BCUT2D eigenvalue weighted by Crippen LogP contribution is -2.43. The van der Waals surface area contributed by atoms with E-state index in [9.17, 15) is 14.4 Å². The van der Waals surface area contributed by atoms with E-state index >= 15 is 0 Å². The Labute approximate surface area is 113 Å². The SMILES string of the molecule is C=CCN(CC(=O)OCC)CC(=O)N1CCCC1=O. The van der Waals surface area contributed by atoms with Crippen LogP contribution >= 0.6 is 0 Å². The summed E-state index contributed by atoms with van der Waals surface area (Å²) < 4.78 is 4.84. The van der Waals surface area contributed by atoms with Gasteiger partial charge in [-0.25, -0.2) is 0 Å². The van der Waals surface area contributed by atoms with Crippen LogP contribution in [0.3, 0.4) is 0 Å². The van der Waals surface area contributed by atoms with Gasteiger partial charge in [-0.15, -0.1) is 6.58 Å². The number of carbonyl (C=O) groups is 3. The lowest BCUT2D eigenvalue weighted by atomic mass is 10.4. The van der Waals surface area contributed by atoms with Crippen LogP contribution in [0.2, 0.25) is 0 Å².